The molecule has 0 aliphatic heterocycles. The molecule has 0 radical (unpaired) electrons. The minimum atomic E-state index is -0.141. The number of hydrogen-bond donors (Lipinski definition) is 2. The third-order valence-electron chi connectivity index (χ3n) is 5.10. The lowest BCUT2D eigenvalue weighted by molar-refractivity contribution is -0.120. The Morgan fingerprint density at radius 2 is 1.53 bits per heavy atom. The zero-order valence-corrected chi connectivity index (χ0v) is 16.8. The smallest absolute Gasteiger partial charge is 0.244 e. The van der Waals surface area contributed by atoms with Gasteiger partial charge < -0.3 is 15.2 Å². The number of carbonyl (C=O) groups is 2. The lowest BCUT2D eigenvalue weighted by atomic mass is 10.1. The average molecular weight is 397 g/mol. The Labute approximate surface area is 175 Å². The summed E-state index contributed by atoms with van der Waals surface area (Å²) in [5.74, 6) is -0.239. The Hall–Kier alpha value is -3.86. The zero-order valence-electron chi connectivity index (χ0n) is 16.8. The second-order valence-electron chi connectivity index (χ2n) is 7.10. The van der Waals surface area contributed by atoms with E-state index in [9.17, 15) is 9.59 Å². The number of benzene rings is 3. The van der Waals surface area contributed by atoms with Gasteiger partial charge in [-0.1, -0.05) is 66.7 Å². The number of hydrogen-bond acceptors (Lipinski definition) is 2. The molecule has 0 unspecified atom stereocenters. The fourth-order valence-corrected chi connectivity index (χ4v) is 3.62. The molecule has 0 saturated carbocycles. The zero-order chi connectivity index (χ0) is 20.9. The fourth-order valence-electron chi connectivity index (χ4n) is 3.62. The molecule has 5 nitrogen and oxygen atoms in total. The summed E-state index contributed by atoms with van der Waals surface area (Å²) in [5.41, 5.74) is 4.49. The molecule has 2 N–H and O–H groups in total. The van der Waals surface area contributed by atoms with E-state index in [2.05, 4.69) is 22.8 Å². The van der Waals surface area contributed by atoms with Crippen LogP contribution in [0.3, 0.4) is 0 Å². The second kappa shape index (κ2) is 8.66. The van der Waals surface area contributed by atoms with Crippen LogP contribution in [-0.4, -0.2) is 23.4 Å². The van der Waals surface area contributed by atoms with Crippen LogP contribution >= 0.6 is 0 Å². The van der Waals surface area contributed by atoms with E-state index in [1.165, 1.54) is 0 Å². The van der Waals surface area contributed by atoms with Crippen LogP contribution in [-0.2, 0) is 22.6 Å². The summed E-state index contributed by atoms with van der Waals surface area (Å²) in [7, 11) is 1.60. The highest BCUT2D eigenvalue weighted by Crippen LogP contribution is 2.28. The molecule has 0 aliphatic carbocycles. The number of likely N-dealkylation sites (N-methyl/N-ethyl adjacent to an activating group) is 1. The Morgan fingerprint density at radius 1 is 0.833 bits per heavy atom. The van der Waals surface area contributed by atoms with Crippen LogP contribution in [0, 0.1) is 0 Å². The highest BCUT2D eigenvalue weighted by atomic mass is 16.2. The van der Waals surface area contributed by atoms with Crippen LogP contribution < -0.4 is 10.6 Å². The second-order valence-corrected chi connectivity index (χ2v) is 7.10. The third kappa shape index (κ3) is 4.10. The maximum absolute atomic E-state index is 13.0. The van der Waals surface area contributed by atoms with Gasteiger partial charge in [0.1, 0.15) is 6.54 Å². The lowest BCUT2D eigenvalue weighted by Crippen LogP contribution is -2.23. The van der Waals surface area contributed by atoms with Crippen molar-refractivity contribution in [1.82, 2.24) is 9.88 Å². The van der Waals surface area contributed by atoms with Gasteiger partial charge >= 0.3 is 0 Å². The molecule has 0 spiro atoms. The number of anilines is 1. The lowest BCUT2D eigenvalue weighted by Gasteiger charge is -2.14. The summed E-state index contributed by atoms with van der Waals surface area (Å²) in [5, 5.41) is 6.69. The van der Waals surface area contributed by atoms with Crippen molar-refractivity contribution in [2.75, 3.05) is 12.4 Å². The van der Waals surface area contributed by atoms with Gasteiger partial charge in [-0.2, -0.15) is 0 Å². The summed E-state index contributed by atoms with van der Waals surface area (Å²) in [6, 6.07) is 27.6. The van der Waals surface area contributed by atoms with E-state index in [0.29, 0.717) is 5.69 Å². The monoisotopic (exact) mass is 397 g/mol. The van der Waals surface area contributed by atoms with Crippen molar-refractivity contribution in [2.24, 2.45) is 0 Å². The summed E-state index contributed by atoms with van der Waals surface area (Å²) in [6.45, 7) is 0.173. The molecule has 5 heteroatoms. The van der Waals surface area contributed by atoms with E-state index >= 15 is 0 Å². The number of para-hydroxylation sites is 2. The van der Waals surface area contributed by atoms with Gasteiger partial charge in [0, 0.05) is 29.3 Å². The first-order chi connectivity index (χ1) is 14.7. The van der Waals surface area contributed by atoms with Gasteiger partial charge in [-0.15, -0.1) is 0 Å². The number of carbonyl (C=O) groups excluding carboxylic acids is 2. The Bertz CT molecular complexity index is 1200. The van der Waals surface area contributed by atoms with Gasteiger partial charge in [0.2, 0.25) is 11.8 Å². The molecule has 0 bridgehead atoms. The van der Waals surface area contributed by atoms with Crippen LogP contribution in [0.4, 0.5) is 5.69 Å². The molecule has 0 atom stereocenters. The molecular weight excluding hydrogens is 374 g/mol. The highest BCUT2D eigenvalue weighted by Gasteiger charge is 2.15. The molecule has 3 aromatic carbocycles. The molecule has 0 fully saturated rings. The predicted octanol–water partition coefficient (Wildman–Crippen LogP) is 4.24. The predicted molar refractivity (Wildman–Crippen MR) is 120 cm³/mol. The van der Waals surface area contributed by atoms with Gasteiger partial charge in [-0.3, -0.25) is 9.59 Å². The molecule has 1 aromatic heterocycles. The van der Waals surface area contributed by atoms with Crippen molar-refractivity contribution in [3.05, 3.63) is 90.5 Å². The van der Waals surface area contributed by atoms with Gasteiger partial charge in [-0.05, 0) is 29.3 Å². The standard InChI is InChI=1S/C25H23N3O2/c1-26-24(29)16-19-11-5-7-13-21(19)27-25(30)17-28-22-14-8-6-12-20(22)15-23(28)18-9-3-2-4-10-18/h2-15H,16-17H2,1H3,(H,26,29)(H,27,30). The van der Waals surface area contributed by atoms with E-state index in [1.807, 2.05) is 77.4 Å². The first-order valence-electron chi connectivity index (χ1n) is 9.88. The van der Waals surface area contributed by atoms with Crippen LogP contribution in [0.5, 0.6) is 0 Å². The maximum atomic E-state index is 13.0. The SMILES string of the molecule is CNC(=O)Cc1ccccc1NC(=O)Cn1c(-c2ccccc2)cc2ccccc21. The summed E-state index contributed by atoms with van der Waals surface area (Å²) in [6.07, 6.45) is 0.217. The molecule has 0 aliphatic rings. The molecule has 1 heterocycles. The minimum Gasteiger partial charge on any atom is -0.359 e. The van der Waals surface area contributed by atoms with Crippen molar-refractivity contribution in [3.8, 4) is 11.3 Å². The minimum absolute atomic E-state index is 0.0977. The largest absolute Gasteiger partial charge is 0.359 e. The van der Waals surface area contributed by atoms with E-state index in [-0.39, 0.29) is 24.8 Å². The number of nitrogens with one attached hydrogen (secondary N) is 2. The first kappa shape index (κ1) is 19.5. The normalized spacial score (nSPS) is 10.7. The molecule has 0 saturated heterocycles. The van der Waals surface area contributed by atoms with Crippen LogP contribution in [0.25, 0.3) is 22.2 Å². The number of rotatable bonds is 6. The Morgan fingerprint density at radius 3 is 2.33 bits per heavy atom. The number of amides is 2. The quantitative estimate of drug-likeness (QED) is 0.511. The van der Waals surface area contributed by atoms with Gasteiger partial charge in [-0.25, -0.2) is 0 Å². The maximum Gasteiger partial charge on any atom is 0.244 e. The highest BCUT2D eigenvalue weighted by molar-refractivity contribution is 5.95. The summed E-state index contributed by atoms with van der Waals surface area (Å²) in [4.78, 5) is 24.8. The molecule has 150 valence electrons. The Balaban J connectivity index is 1.64. The first-order valence-corrected chi connectivity index (χ1v) is 9.88. The topological polar surface area (TPSA) is 63.1 Å². The average Bonchev–Trinajstić information content (AvgIpc) is 3.14. The van der Waals surface area contributed by atoms with Crippen molar-refractivity contribution in [1.29, 1.82) is 0 Å². The van der Waals surface area contributed by atoms with Crippen molar-refractivity contribution < 1.29 is 9.59 Å². The third-order valence-corrected chi connectivity index (χ3v) is 5.10. The molecule has 30 heavy (non-hydrogen) atoms. The van der Waals surface area contributed by atoms with Crippen LogP contribution in [0.2, 0.25) is 0 Å². The van der Waals surface area contributed by atoms with Crippen LogP contribution in [0.15, 0.2) is 84.9 Å². The van der Waals surface area contributed by atoms with E-state index < -0.39 is 0 Å². The Kier molecular flexibility index (Phi) is 5.61. The molecule has 2 amide bonds. The fraction of sp³-hybridized carbons (Fsp3) is 0.120. The summed E-state index contributed by atoms with van der Waals surface area (Å²) >= 11 is 0. The van der Waals surface area contributed by atoms with Crippen molar-refractivity contribution >= 4 is 28.4 Å². The van der Waals surface area contributed by atoms with Crippen molar-refractivity contribution in [3.63, 3.8) is 0 Å². The van der Waals surface area contributed by atoms with E-state index in [1.54, 1.807) is 7.05 Å². The van der Waals surface area contributed by atoms with Gasteiger partial charge in [0.05, 0.1) is 6.42 Å². The number of aromatic nitrogens is 1. The van der Waals surface area contributed by atoms with Crippen molar-refractivity contribution in [2.45, 2.75) is 13.0 Å². The van der Waals surface area contributed by atoms with Gasteiger partial charge in [0.15, 0.2) is 0 Å². The molecular formula is C25H23N3O2. The summed E-state index contributed by atoms with van der Waals surface area (Å²) < 4.78 is 2.03. The van der Waals surface area contributed by atoms with Crippen LogP contribution in [0.1, 0.15) is 5.56 Å². The van der Waals surface area contributed by atoms with E-state index in [0.717, 1.165) is 27.7 Å². The number of nitrogens with zero attached hydrogens (tertiary/aromatic N) is 1. The van der Waals surface area contributed by atoms with E-state index in [4.69, 9.17) is 0 Å². The number of fused-ring (bicyclic) bond motifs is 1. The molecule has 4 aromatic rings. The molecule has 4 rings (SSSR count). The van der Waals surface area contributed by atoms with Gasteiger partial charge in [0.25, 0.3) is 0 Å².